The number of H-pyrrole nitrogens is 1. The summed E-state index contributed by atoms with van der Waals surface area (Å²) in [4.78, 5) is 5.16. The standard InChI is InChI=1S/C12H17N3O/c1-15(2)11(12-4-3-7-16-12)9-14-10-5-6-13-8-10/h3-8,11,13-14H,9H2,1-2H3. The Hall–Kier alpha value is -1.68. The van der Waals surface area contributed by atoms with E-state index in [1.54, 1.807) is 6.26 Å². The minimum atomic E-state index is 0.241. The molecule has 2 rings (SSSR count). The Balaban J connectivity index is 1.99. The van der Waals surface area contributed by atoms with Gasteiger partial charge in [0.15, 0.2) is 0 Å². The Bertz CT molecular complexity index is 392. The van der Waals surface area contributed by atoms with E-state index in [4.69, 9.17) is 4.42 Å². The molecular formula is C12H17N3O. The van der Waals surface area contributed by atoms with Gasteiger partial charge in [0.05, 0.1) is 18.0 Å². The maximum absolute atomic E-state index is 5.44. The third-order valence-electron chi connectivity index (χ3n) is 2.59. The second-order valence-corrected chi connectivity index (χ2v) is 3.98. The van der Waals surface area contributed by atoms with Gasteiger partial charge in [0.1, 0.15) is 5.76 Å². The second-order valence-electron chi connectivity index (χ2n) is 3.98. The molecule has 0 radical (unpaired) electrons. The first-order chi connectivity index (χ1) is 7.77. The molecule has 0 spiro atoms. The first-order valence-corrected chi connectivity index (χ1v) is 5.34. The molecule has 2 N–H and O–H groups in total. The van der Waals surface area contributed by atoms with Crippen LogP contribution in [-0.2, 0) is 0 Å². The van der Waals surface area contributed by atoms with Crippen LogP contribution in [-0.4, -0.2) is 30.5 Å². The lowest BCUT2D eigenvalue weighted by atomic mass is 10.2. The molecule has 1 atom stereocenters. The Morgan fingerprint density at radius 1 is 1.44 bits per heavy atom. The van der Waals surface area contributed by atoms with Crippen LogP contribution < -0.4 is 5.32 Å². The zero-order valence-electron chi connectivity index (χ0n) is 9.60. The van der Waals surface area contributed by atoms with E-state index in [1.165, 1.54) is 0 Å². The fraction of sp³-hybridized carbons (Fsp3) is 0.333. The summed E-state index contributed by atoms with van der Waals surface area (Å²) >= 11 is 0. The molecule has 86 valence electrons. The third kappa shape index (κ3) is 2.46. The van der Waals surface area contributed by atoms with E-state index in [2.05, 4.69) is 15.2 Å². The third-order valence-corrected chi connectivity index (χ3v) is 2.59. The lowest BCUT2D eigenvalue weighted by Gasteiger charge is -2.22. The van der Waals surface area contributed by atoms with Crippen LogP contribution in [0.15, 0.2) is 41.3 Å². The van der Waals surface area contributed by atoms with Gasteiger partial charge in [-0.3, -0.25) is 4.90 Å². The van der Waals surface area contributed by atoms with Crippen molar-refractivity contribution in [3.05, 3.63) is 42.6 Å². The molecule has 2 heterocycles. The fourth-order valence-electron chi connectivity index (χ4n) is 1.67. The van der Waals surface area contributed by atoms with E-state index in [0.29, 0.717) is 0 Å². The summed E-state index contributed by atoms with van der Waals surface area (Å²) in [5, 5.41) is 3.36. The van der Waals surface area contributed by atoms with E-state index in [-0.39, 0.29) is 6.04 Å². The van der Waals surface area contributed by atoms with Gasteiger partial charge >= 0.3 is 0 Å². The molecule has 0 aliphatic heterocycles. The molecule has 4 heteroatoms. The largest absolute Gasteiger partial charge is 0.468 e. The van der Waals surface area contributed by atoms with Crippen molar-refractivity contribution >= 4 is 5.69 Å². The number of hydrogen-bond donors (Lipinski definition) is 2. The molecule has 0 amide bonds. The van der Waals surface area contributed by atoms with Crippen LogP contribution in [0.2, 0.25) is 0 Å². The van der Waals surface area contributed by atoms with Gasteiger partial charge in [-0.05, 0) is 32.3 Å². The Morgan fingerprint density at radius 3 is 2.88 bits per heavy atom. The van der Waals surface area contributed by atoms with Crippen LogP contribution in [0.4, 0.5) is 5.69 Å². The Labute approximate surface area is 95.3 Å². The first kappa shape index (κ1) is 10.8. The van der Waals surface area contributed by atoms with Crippen molar-refractivity contribution in [3.8, 4) is 0 Å². The molecule has 1 unspecified atom stereocenters. The summed E-state index contributed by atoms with van der Waals surface area (Å²) < 4.78 is 5.44. The maximum atomic E-state index is 5.44. The number of nitrogens with one attached hydrogen (secondary N) is 2. The first-order valence-electron chi connectivity index (χ1n) is 5.34. The number of likely N-dealkylation sites (N-methyl/N-ethyl adjacent to an activating group) is 1. The number of aromatic nitrogens is 1. The molecular weight excluding hydrogens is 202 g/mol. The van der Waals surface area contributed by atoms with Gasteiger partial charge in [-0.2, -0.15) is 0 Å². The smallest absolute Gasteiger partial charge is 0.122 e. The number of aromatic amines is 1. The minimum absolute atomic E-state index is 0.241. The minimum Gasteiger partial charge on any atom is -0.468 e. The van der Waals surface area contributed by atoms with Crippen molar-refractivity contribution in [1.82, 2.24) is 9.88 Å². The van der Waals surface area contributed by atoms with E-state index >= 15 is 0 Å². The lowest BCUT2D eigenvalue weighted by molar-refractivity contribution is 0.269. The van der Waals surface area contributed by atoms with Gasteiger partial charge in [-0.1, -0.05) is 0 Å². The zero-order valence-corrected chi connectivity index (χ0v) is 9.60. The predicted molar refractivity (Wildman–Crippen MR) is 64.4 cm³/mol. The number of rotatable bonds is 5. The van der Waals surface area contributed by atoms with Crippen LogP contribution in [0.5, 0.6) is 0 Å². The average molecular weight is 219 g/mol. The highest BCUT2D eigenvalue weighted by Crippen LogP contribution is 2.19. The summed E-state index contributed by atoms with van der Waals surface area (Å²) in [6, 6.07) is 6.17. The summed E-state index contributed by atoms with van der Waals surface area (Å²) in [7, 11) is 4.10. The molecule has 4 nitrogen and oxygen atoms in total. The molecule has 16 heavy (non-hydrogen) atoms. The normalized spacial score (nSPS) is 12.9. The topological polar surface area (TPSA) is 44.2 Å². The number of hydrogen-bond acceptors (Lipinski definition) is 3. The van der Waals surface area contributed by atoms with E-state index < -0.39 is 0 Å². The zero-order chi connectivity index (χ0) is 11.4. The molecule has 2 aromatic heterocycles. The van der Waals surface area contributed by atoms with Crippen molar-refractivity contribution in [3.63, 3.8) is 0 Å². The van der Waals surface area contributed by atoms with Crippen LogP contribution in [0, 0.1) is 0 Å². The van der Waals surface area contributed by atoms with Crippen molar-refractivity contribution in [2.75, 3.05) is 26.0 Å². The maximum Gasteiger partial charge on any atom is 0.122 e. The summed E-state index contributed by atoms with van der Waals surface area (Å²) in [6.45, 7) is 0.818. The van der Waals surface area contributed by atoms with Crippen molar-refractivity contribution in [2.45, 2.75) is 6.04 Å². The number of furan rings is 1. The number of anilines is 1. The highest BCUT2D eigenvalue weighted by atomic mass is 16.3. The highest BCUT2D eigenvalue weighted by Gasteiger charge is 2.16. The quantitative estimate of drug-likeness (QED) is 0.811. The Kier molecular flexibility index (Phi) is 3.31. The number of nitrogens with zero attached hydrogens (tertiary/aromatic N) is 1. The summed E-state index contributed by atoms with van der Waals surface area (Å²) in [5.74, 6) is 0.980. The molecule has 0 aliphatic carbocycles. The van der Waals surface area contributed by atoms with Gasteiger partial charge in [0, 0.05) is 18.9 Å². The molecule has 0 fully saturated rings. The van der Waals surface area contributed by atoms with Crippen LogP contribution in [0.3, 0.4) is 0 Å². The second kappa shape index (κ2) is 4.90. The highest BCUT2D eigenvalue weighted by molar-refractivity contribution is 5.40. The van der Waals surface area contributed by atoms with Gasteiger partial charge in [0.25, 0.3) is 0 Å². The van der Waals surface area contributed by atoms with E-state index in [1.807, 2.05) is 44.7 Å². The molecule has 0 bridgehead atoms. The van der Waals surface area contributed by atoms with Gasteiger partial charge < -0.3 is 14.7 Å². The Morgan fingerprint density at radius 2 is 2.31 bits per heavy atom. The van der Waals surface area contributed by atoms with E-state index in [0.717, 1.165) is 18.0 Å². The van der Waals surface area contributed by atoms with Crippen LogP contribution >= 0.6 is 0 Å². The monoisotopic (exact) mass is 219 g/mol. The summed E-state index contributed by atoms with van der Waals surface area (Å²) in [5.41, 5.74) is 1.10. The van der Waals surface area contributed by atoms with E-state index in [9.17, 15) is 0 Å². The van der Waals surface area contributed by atoms with Crippen LogP contribution in [0.1, 0.15) is 11.8 Å². The lowest BCUT2D eigenvalue weighted by Crippen LogP contribution is -2.26. The van der Waals surface area contributed by atoms with Gasteiger partial charge in [-0.15, -0.1) is 0 Å². The predicted octanol–water partition coefficient (Wildman–Crippen LogP) is 2.32. The van der Waals surface area contributed by atoms with Gasteiger partial charge in [0.2, 0.25) is 0 Å². The SMILES string of the molecule is CN(C)C(CNc1cc[nH]c1)c1ccco1. The molecule has 0 aromatic carbocycles. The average Bonchev–Trinajstić information content (AvgIpc) is 2.88. The fourth-order valence-corrected chi connectivity index (χ4v) is 1.67. The van der Waals surface area contributed by atoms with Crippen molar-refractivity contribution in [2.24, 2.45) is 0 Å². The molecule has 0 aliphatic rings. The van der Waals surface area contributed by atoms with Crippen LogP contribution in [0.25, 0.3) is 0 Å². The van der Waals surface area contributed by atoms with Crippen molar-refractivity contribution < 1.29 is 4.42 Å². The molecule has 2 aromatic rings. The molecule has 0 saturated carbocycles. The molecule has 0 saturated heterocycles. The van der Waals surface area contributed by atoms with Crippen molar-refractivity contribution in [1.29, 1.82) is 0 Å². The van der Waals surface area contributed by atoms with Gasteiger partial charge in [-0.25, -0.2) is 0 Å². The summed E-state index contributed by atoms with van der Waals surface area (Å²) in [6.07, 6.45) is 5.55.